The Balaban J connectivity index is 2.88. The standard InChI is InChI=1S/C16H20O3/c1-12(2)9-10-19-15-11-13(3)5-6-14(15)7-8-16(17)18-4/h5-9,11H,10H2,1-4H3/b8-7+. The Bertz CT molecular complexity index is 495. The molecule has 1 aromatic carbocycles. The fourth-order valence-electron chi connectivity index (χ4n) is 1.43. The third-order valence-corrected chi connectivity index (χ3v) is 2.50. The second kappa shape index (κ2) is 7.41. The van der Waals surface area contributed by atoms with Crippen molar-refractivity contribution >= 4 is 12.0 Å². The van der Waals surface area contributed by atoms with E-state index in [1.54, 1.807) is 6.08 Å². The summed E-state index contributed by atoms with van der Waals surface area (Å²) in [5.74, 6) is 0.383. The Morgan fingerprint density at radius 2 is 2.05 bits per heavy atom. The highest BCUT2D eigenvalue weighted by Crippen LogP contribution is 2.22. The number of hydrogen-bond acceptors (Lipinski definition) is 3. The molecule has 0 aliphatic rings. The van der Waals surface area contributed by atoms with Crippen LogP contribution in [0.25, 0.3) is 6.08 Å². The molecule has 0 unspecified atom stereocenters. The molecule has 0 spiro atoms. The number of ether oxygens (including phenoxy) is 2. The number of carbonyl (C=O) groups excluding carboxylic acids is 1. The van der Waals surface area contributed by atoms with Crippen LogP contribution in [0.1, 0.15) is 25.0 Å². The molecule has 0 aliphatic carbocycles. The fraction of sp³-hybridized carbons (Fsp3) is 0.312. The SMILES string of the molecule is COC(=O)/C=C/c1ccc(C)cc1OCC=C(C)C. The van der Waals surface area contributed by atoms with Crippen LogP contribution in [0.3, 0.4) is 0 Å². The summed E-state index contributed by atoms with van der Waals surface area (Å²) in [5.41, 5.74) is 3.18. The number of esters is 1. The summed E-state index contributed by atoms with van der Waals surface area (Å²) in [5, 5.41) is 0. The van der Waals surface area contributed by atoms with Gasteiger partial charge in [0, 0.05) is 11.6 Å². The zero-order valence-electron chi connectivity index (χ0n) is 11.9. The molecule has 0 aliphatic heterocycles. The number of carbonyl (C=O) groups is 1. The monoisotopic (exact) mass is 260 g/mol. The van der Waals surface area contributed by atoms with Gasteiger partial charge >= 0.3 is 5.97 Å². The van der Waals surface area contributed by atoms with Gasteiger partial charge in [0.05, 0.1) is 7.11 Å². The summed E-state index contributed by atoms with van der Waals surface area (Å²) < 4.78 is 10.3. The molecule has 3 nitrogen and oxygen atoms in total. The lowest BCUT2D eigenvalue weighted by atomic mass is 10.1. The second-order valence-corrected chi connectivity index (χ2v) is 4.49. The summed E-state index contributed by atoms with van der Waals surface area (Å²) in [4.78, 5) is 11.1. The van der Waals surface area contributed by atoms with Crippen LogP contribution in [-0.4, -0.2) is 19.7 Å². The van der Waals surface area contributed by atoms with E-state index in [2.05, 4.69) is 4.74 Å². The predicted molar refractivity (Wildman–Crippen MR) is 77.2 cm³/mol. The van der Waals surface area contributed by atoms with Gasteiger partial charge in [-0.3, -0.25) is 0 Å². The van der Waals surface area contributed by atoms with Gasteiger partial charge in [-0.1, -0.05) is 17.7 Å². The fourth-order valence-corrected chi connectivity index (χ4v) is 1.43. The molecule has 0 saturated heterocycles. The van der Waals surface area contributed by atoms with E-state index in [1.807, 2.05) is 45.0 Å². The minimum atomic E-state index is -0.379. The van der Waals surface area contributed by atoms with E-state index in [9.17, 15) is 4.79 Å². The van der Waals surface area contributed by atoms with Gasteiger partial charge in [-0.25, -0.2) is 4.79 Å². The summed E-state index contributed by atoms with van der Waals surface area (Å²) in [6.45, 7) is 6.57. The van der Waals surface area contributed by atoms with E-state index in [0.29, 0.717) is 6.61 Å². The Labute approximate surface area is 114 Å². The molecule has 3 heteroatoms. The topological polar surface area (TPSA) is 35.5 Å². The van der Waals surface area contributed by atoms with Gasteiger partial charge in [-0.05, 0) is 44.6 Å². The number of aryl methyl sites for hydroxylation is 1. The number of rotatable bonds is 5. The number of benzene rings is 1. The molecular formula is C16H20O3. The number of hydrogen-bond donors (Lipinski definition) is 0. The first-order chi connectivity index (χ1) is 9.02. The zero-order chi connectivity index (χ0) is 14.3. The molecule has 1 aromatic rings. The molecule has 0 aromatic heterocycles. The molecule has 0 heterocycles. The van der Waals surface area contributed by atoms with Crippen LogP contribution < -0.4 is 4.74 Å². The van der Waals surface area contributed by atoms with Gasteiger partial charge in [0.2, 0.25) is 0 Å². The van der Waals surface area contributed by atoms with Crippen molar-refractivity contribution in [3.05, 3.63) is 47.1 Å². The molecule has 102 valence electrons. The van der Waals surface area contributed by atoms with Crippen LogP contribution >= 0.6 is 0 Å². The van der Waals surface area contributed by atoms with Crippen LogP contribution in [0.4, 0.5) is 0 Å². The van der Waals surface area contributed by atoms with Gasteiger partial charge in [0.15, 0.2) is 0 Å². The first kappa shape index (κ1) is 15.0. The quantitative estimate of drug-likeness (QED) is 0.461. The van der Waals surface area contributed by atoms with Crippen molar-refractivity contribution in [3.8, 4) is 5.75 Å². The van der Waals surface area contributed by atoms with E-state index < -0.39 is 0 Å². The van der Waals surface area contributed by atoms with E-state index in [4.69, 9.17) is 4.74 Å². The smallest absolute Gasteiger partial charge is 0.330 e. The van der Waals surface area contributed by atoms with Gasteiger partial charge in [0.25, 0.3) is 0 Å². The lowest BCUT2D eigenvalue weighted by Gasteiger charge is -2.08. The van der Waals surface area contributed by atoms with Gasteiger partial charge < -0.3 is 9.47 Å². The maximum atomic E-state index is 11.1. The van der Waals surface area contributed by atoms with Crippen LogP contribution in [0, 0.1) is 6.92 Å². The van der Waals surface area contributed by atoms with Crippen molar-refractivity contribution in [1.29, 1.82) is 0 Å². The Morgan fingerprint density at radius 3 is 2.68 bits per heavy atom. The van der Waals surface area contributed by atoms with Crippen molar-refractivity contribution < 1.29 is 14.3 Å². The van der Waals surface area contributed by atoms with Crippen LogP contribution in [-0.2, 0) is 9.53 Å². The second-order valence-electron chi connectivity index (χ2n) is 4.49. The Morgan fingerprint density at radius 1 is 1.32 bits per heavy atom. The molecule has 1 rings (SSSR count). The Kier molecular flexibility index (Phi) is 5.86. The van der Waals surface area contributed by atoms with Crippen molar-refractivity contribution in [2.24, 2.45) is 0 Å². The summed E-state index contributed by atoms with van der Waals surface area (Å²) in [6, 6.07) is 5.85. The highest BCUT2D eigenvalue weighted by atomic mass is 16.5. The lowest BCUT2D eigenvalue weighted by molar-refractivity contribution is -0.134. The molecule has 0 atom stereocenters. The number of allylic oxidation sites excluding steroid dienone is 1. The molecule has 19 heavy (non-hydrogen) atoms. The normalized spacial score (nSPS) is 10.3. The molecular weight excluding hydrogens is 240 g/mol. The molecule has 0 saturated carbocycles. The zero-order valence-corrected chi connectivity index (χ0v) is 11.9. The number of methoxy groups -OCH3 is 1. The highest BCUT2D eigenvalue weighted by molar-refractivity contribution is 5.87. The van der Waals surface area contributed by atoms with Crippen molar-refractivity contribution in [1.82, 2.24) is 0 Å². The third-order valence-electron chi connectivity index (χ3n) is 2.50. The van der Waals surface area contributed by atoms with E-state index in [0.717, 1.165) is 16.9 Å². The first-order valence-corrected chi connectivity index (χ1v) is 6.15. The molecule has 0 N–H and O–H groups in total. The van der Waals surface area contributed by atoms with Crippen molar-refractivity contribution in [3.63, 3.8) is 0 Å². The van der Waals surface area contributed by atoms with Crippen LogP contribution in [0.15, 0.2) is 35.9 Å². The highest BCUT2D eigenvalue weighted by Gasteiger charge is 2.02. The first-order valence-electron chi connectivity index (χ1n) is 6.15. The Hall–Kier alpha value is -2.03. The molecule has 0 fully saturated rings. The van der Waals surface area contributed by atoms with Crippen molar-refractivity contribution in [2.45, 2.75) is 20.8 Å². The average Bonchev–Trinajstić information content (AvgIpc) is 2.37. The summed E-state index contributed by atoms with van der Waals surface area (Å²) in [6.07, 6.45) is 5.09. The van der Waals surface area contributed by atoms with Gasteiger partial charge in [0.1, 0.15) is 12.4 Å². The van der Waals surface area contributed by atoms with E-state index in [1.165, 1.54) is 18.8 Å². The molecule has 0 amide bonds. The van der Waals surface area contributed by atoms with E-state index >= 15 is 0 Å². The third kappa shape index (κ3) is 5.42. The van der Waals surface area contributed by atoms with Gasteiger partial charge in [-0.2, -0.15) is 0 Å². The maximum absolute atomic E-state index is 11.1. The minimum absolute atomic E-state index is 0.379. The van der Waals surface area contributed by atoms with E-state index in [-0.39, 0.29) is 5.97 Å². The largest absolute Gasteiger partial charge is 0.489 e. The molecule has 0 bridgehead atoms. The van der Waals surface area contributed by atoms with Crippen LogP contribution in [0.5, 0.6) is 5.75 Å². The lowest BCUT2D eigenvalue weighted by Crippen LogP contribution is -1.98. The minimum Gasteiger partial charge on any atom is -0.489 e. The average molecular weight is 260 g/mol. The van der Waals surface area contributed by atoms with Crippen molar-refractivity contribution in [2.75, 3.05) is 13.7 Å². The van der Waals surface area contributed by atoms with Gasteiger partial charge in [-0.15, -0.1) is 0 Å². The maximum Gasteiger partial charge on any atom is 0.330 e. The summed E-state index contributed by atoms with van der Waals surface area (Å²) >= 11 is 0. The summed E-state index contributed by atoms with van der Waals surface area (Å²) in [7, 11) is 1.36. The van der Waals surface area contributed by atoms with Crippen LogP contribution in [0.2, 0.25) is 0 Å². The predicted octanol–water partition coefficient (Wildman–Crippen LogP) is 3.53. The molecule has 0 radical (unpaired) electrons.